The normalized spacial score (nSPS) is 18.7. The molecular weight excluding hydrogens is 458 g/mol. The van der Waals surface area contributed by atoms with Gasteiger partial charge in [-0.3, -0.25) is 5.10 Å². The number of ether oxygens (including phenoxy) is 1. The molecule has 2 aliphatic heterocycles. The van der Waals surface area contributed by atoms with Gasteiger partial charge in [-0.25, -0.2) is 9.97 Å². The number of rotatable bonds is 6. The van der Waals surface area contributed by atoms with Crippen LogP contribution in [0.2, 0.25) is 0 Å². The van der Waals surface area contributed by atoms with Crippen molar-refractivity contribution in [1.82, 2.24) is 30.4 Å². The first-order valence-electron chi connectivity index (χ1n) is 12.6. The number of fused-ring (bicyclic) bond motifs is 2. The van der Waals surface area contributed by atoms with Crippen LogP contribution in [0.25, 0.3) is 32.5 Å². The number of hydrogen-bond donors (Lipinski definition) is 2. The van der Waals surface area contributed by atoms with Crippen molar-refractivity contribution in [2.45, 2.75) is 25.3 Å². The minimum Gasteiger partial charge on any atom is -0.378 e. The second-order valence-electron chi connectivity index (χ2n) is 9.86. The van der Waals surface area contributed by atoms with Crippen LogP contribution in [-0.2, 0) is 11.2 Å². The Morgan fingerprint density at radius 1 is 1.17 bits per heavy atom. The third-order valence-corrected chi connectivity index (χ3v) is 8.59. The van der Waals surface area contributed by atoms with E-state index in [4.69, 9.17) is 14.7 Å². The van der Waals surface area contributed by atoms with Crippen molar-refractivity contribution in [3.8, 4) is 11.4 Å². The van der Waals surface area contributed by atoms with Crippen LogP contribution in [-0.4, -0.2) is 84.6 Å². The van der Waals surface area contributed by atoms with Crippen LogP contribution in [0.15, 0.2) is 30.5 Å². The first kappa shape index (κ1) is 22.8. The number of morpholine rings is 1. The predicted octanol–water partition coefficient (Wildman–Crippen LogP) is 3.54. The van der Waals surface area contributed by atoms with Gasteiger partial charge in [-0.1, -0.05) is 12.1 Å². The smallest absolute Gasteiger partial charge is 0.162 e. The monoisotopic (exact) mass is 491 g/mol. The Kier molecular flexibility index (Phi) is 6.40. The van der Waals surface area contributed by atoms with E-state index in [1.165, 1.54) is 22.4 Å². The number of H-pyrrole nitrogens is 1. The fourth-order valence-corrected chi connectivity index (χ4v) is 6.71. The number of piperidine rings is 1. The molecule has 0 spiro atoms. The minimum absolute atomic E-state index is 0.532. The van der Waals surface area contributed by atoms with E-state index in [0.717, 1.165) is 85.4 Å². The summed E-state index contributed by atoms with van der Waals surface area (Å²) in [7, 11) is 4.45. The van der Waals surface area contributed by atoms with Gasteiger partial charge >= 0.3 is 0 Å². The van der Waals surface area contributed by atoms with Gasteiger partial charge in [0.1, 0.15) is 0 Å². The first-order chi connectivity index (χ1) is 17.2. The van der Waals surface area contributed by atoms with Crippen LogP contribution in [0, 0.1) is 5.92 Å². The molecule has 4 aromatic rings. The predicted molar refractivity (Wildman–Crippen MR) is 142 cm³/mol. The quantitative estimate of drug-likeness (QED) is 0.427. The van der Waals surface area contributed by atoms with Crippen molar-refractivity contribution in [1.29, 1.82) is 0 Å². The molecule has 0 radical (unpaired) electrons. The van der Waals surface area contributed by atoms with Crippen molar-refractivity contribution in [2.75, 3.05) is 58.4 Å². The fraction of sp³-hybridized carbons (Fsp3) is 0.500. The molecule has 0 aliphatic carbocycles. The van der Waals surface area contributed by atoms with Gasteiger partial charge in [0.15, 0.2) is 11.6 Å². The highest BCUT2D eigenvalue weighted by Gasteiger charge is 2.27. The molecule has 0 bridgehead atoms. The lowest BCUT2D eigenvalue weighted by Crippen LogP contribution is -2.42. The van der Waals surface area contributed by atoms with Gasteiger partial charge in [0.2, 0.25) is 0 Å². The summed E-state index contributed by atoms with van der Waals surface area (Å²) in [6.45, 7) is 5.41. The molecule has 1 atom stereocenters. The molecule has 2 fully saturated rings. The maximum absolute atomic E-state index is 5.64. The summed E-state index contributed by atoms with van der Waals surface area (Å²) in [6.07, 6.45) is 5.40. The molecular formula is C26H33N7OS. The minimum atomic E-state index is 0.532. The van der Waals surface area contributed by atoms with Crippen molar-refractivity contribution in [2.24, 2.45) is 5.92 Å². The van der Waals surface area contributed by atoms with Crippen LogP contribution in [0.1, 0.15) is 17.7 Å². The second-order valence-corrected chi connectivity index (χ2v) is 11.0. The second kappa shape index (κ2) is 9.81. The highest BCUT2D eigenvalue weighted by molar-refractivity contribution is 7.19. The van der Waals surface area contributed by atoms with E-state index in [2.05, 4.69) is 51.5 Å². The topological polar surface area (TPSA) is 82.2 Å². The van der Waals surface area contributed by atoms with Crippen LogP contribution < -0.4 is 10.2 Å². The summed E-state index contributed by atoms with van der Waals surface area (Å²) in [5, 5.41) is 11.9. The Bertz CT molecular complexity index is 1300. The Morgan fingerprint density at radius 2 is 2.00 bits per heavy atom. The summed E-state index contributed by atoms with van der Waals surface area (Å²) >= 11 is 1.87. The highest BCUT2D eigenvalue weighted by Crippen LogP contribution is 2.37. The largest absolute Gasteiger partial charge is 0.378 e. The molecule has 0 saturated carbocycles. The number of thiophene rings is 1. The van der Waals surface area contributed by atoms with Crippen LogP contribution in [0.4, 0.5) is 5.82 Å². The van der Waals surface area contributed by atoms with Crippen molar-refractivity contribution in [3.05, 3.63) is 35.3 Å². The summed E-state index contributed by atoms with van der Waals surface area (Å²) in [6, 6.07) is 9.01. The van der Waals surface area contributed by atoms with Crippen molar-refractivity contribution in [3.63, 3.8) is 0 Å². The number of nitrogens with one attached hydrogen (secondary N) is 2. The molecule has 3 aromatic heterocycles. The van der Waals surface area contributed by atoms with Gasteiger partial charge in [0.05, 0.1) is 35.1 Å². The molecule has 0 amide bonds. The van der Waals surface area contributed by atoms with E-state index in [-0.39, 0.29) is 0 Å². The molecule has 6 rings (SSSR count). The number of anilines is 1. The van der Waals surface area contributed by atoms with Gasteiger partial charge in [-0.15, -0.1) is 11.3 Å². The van der Waals surface area contributed by atoms with E-state index in [1.807, 2.05) is 29.7 Å². The molecule has 9 heteroatoms. The fourth-order valence-electron chi connectivity index (χ4n) is 5.54. The molecule has 2 aliphatic rings. The third-order valence-electron chi connectivity index (χ3n) is 7.44. The Morgan fingerprint density at radius 3 is 2.80 bits per heavy atom. The molecule has 35 heavy (non-hydrogen) atoms. The van der Waals surface area contributed by atoms with Crippen LogP contribution in [0.5, 0.6) is 0 Å². The van der Waals surface area contributed by atoms with E-state index in [9.17, 15) is 0 Å². The number of aromatic amines is 1. The Hall–Kier alpha value is -2.59. The standard InChI is InChI=1S/C26H33N7OS/c1-32(2)23(17-6-8-27-9-7-17)15-18-14-22-24(35-18)26(33-10-12-34-13-11-33)30-25(29-22)19-4-3-5-21-20(19)16-28-31-21/h3-5,14,16-17,23,27H,6-13,15H2,1-2H3,(H,28,31). The molecule has 2 saturated heterocycles. The summed E-state index contributed by atoms with van der Waals surface area (Å²) < 4.78 is 6.83. The van der Waals surface area contributed by atoms with Gasteiger partial charge in [-0.2, -0.15) is 5.10 Å². The first-order valence-corrected chi connectivity index (χ1v) is 13.4. The Balaban J connectivity index is 1.42. The zero-order valence-electron chi connectivity index (χ0n) is 20.5. The molecule has 184 valence electrons. The lowest BCUT2D eigenvalue weighted by atomic mass is 9.87. The maximum Gasteiger partial charge on any atom is 0.162 e. The maximum atomic E-state index is 5.64. The summed E-state index contributed by atoms with van der Waals surface area (Å²) in [5.41, 5.74) is 3.06. The SMILES string of the molecule is CN(C)C(Cc1cc2nc(-c3cccc4[nH]ncc34)nc(N3CCOCC3)c2s1)C1CCNCC1. The molecule has 8 nitrogen and oxygen atoms in total. The number of benzene rings is 1. The lowest BCUT2D eigenvalue weighted by Gasteiger charge is -2.35. The highest BCUT2D eigenvalue weighted by atomic mass is 32.1. The average Bonchev–Trinajstić information content (AvgIpc) is 3.54. The number of aromatic nitrogens is 4. The van der Waals surface area contributed by atoms with Gasteiger partial charge < -0.3 is 19.9 Å². The zero-order valence-corrected chi connectivity index (χ0v) is 21.3. The molecule has 5 heterocycles. The number of nitrogens with zero attached hydrogens (tertiary/aromatic N) is 5. The molecule has 2 N–H and O–H groups in total. The average molecular weight is 492 g/mol. The lowest BCUT2D eigenvalue weighted by molar-refractivity contribution is 0.122. The molecule has 1 aromatic carbocycles. The van der Waals surface area contributed by atoms with Gasteiger partial charge in [0.25, 0.3) is 0 Å². The van der Waals surface area contributed by atoms with Gasteiger partial charge in [0, 0.05) is 35.0 Å². The Labute approximate surface area is 209 Å². The third kappa shape index (κ3) is 4.53. The number of hydrogen-bond acceptors (Lipinski definition) is 8. The van der Waals surface area contributed by atoms with E-state index >= 15 is 0 Å². The summed E-state index contributed by atoms with van der Waals surface area (Å²) in [4.78, 5) is 16.4. The number of likely N-dealkylation sites (N-methyl/N-ethyl adjacent to an activating group) is 1. The van der Waals surface area contributed by atoms with E-state index < -0.39 is 0 Å². The van der Waals surface area contributed by atoms with Crippen LogP contribution in [0.3, 0.4) is 0 Å². The van der Waals surface area contributed by atoms with E-state index in [0.29, 0.717) is 6.04 Å². The van der Waals surface area contributed by atoms with Crippen LogP contribution >= 0.6 is 11.3 Å². The van der Waals surface area contributed by atoms with E-state index in [1.54, 1.807) is 0 Å². The summed E-state index contributed by atoms with van der Waals surface area (Å²) in [5.74, 6) is 2.52. The van der Waals surface area contributed by atoms with Crippen molar-refractivity contribution < 1.29 is 4.74 Å². The zero-order chi connectivity index (χ0) is 23.8. The van der Waals surface area contributed by atoms with Gasteiger partial charge in [-0.05, 0) is 64.5 Å². The van der Waals surface area contributed by atoms with Crippen molar-refractivity contribution >= 4 is 38.3 Å². The molecule has 1 unspecified atom stereocenters.